The Bertz CT molecular complexity index is 421. The first kappa shape index (κ1) is 22.8. The van der Waals surface area contributed by atoms with Crippen LogP contribution >= 0.6 is 11.9 Å². The summed E-state index contributed by atoms with van der Waals surface area (Å²) in [6, 6.07) is 0. The summed E-state index contributed by atoms with van der Waals surface area (Å²) in [5, 5.41) is 0. The van der Waals surface area contributed by atoms with Gasteiger partial charge in [0.05, 0.1) is 12.8 Å². The lowest BCUT2D eigenvalue weighted by Gasteiger charge is -2.31. The molecule has 158 valence electrons. The van der Waals surface area contributed by atoms with Gasteiger partial charge in [-0.15, -0.1) is 0 Å². The van der Waals surface area contributed by atoms with Gasteiger partial charge in [0.1, 0.15) is 0 Å². The summed E-state index contributed by atoms with van der Waals surface area (Å²) in [5.41, 5.74) is 0. The third kappa shape index (κ3) is 10.0. The van der Waals surface area contributed by atoms with E-state index in [1.807, 2.05) is 13.4 Å². The van der Waals surface area contributed by atoms with Crippen LogP contribution in [0, 0.1) is 11.8 Å². The minimum atomic E-state index is -4.04. The maximum absolute atomic E-state index is 12.2. The number of hydrogen-bond donors (Lipinski definition) is 0. The van der Waals surface area contributed by atoms with Gasteiger partial charge in [0.15, 0.2) is 0 Å². The van der Waals surface area contributed by atoms with Crippen LogP contribution in [0.3, 0.4) is 0 Å². The second-order valence-electron chi connectivity index (χ2n) is 7.64. The van der Waals surface area contributed by atoms with E-state index in [1.54, 1.807) is 0 Å². The predicted octanol–water partition coefficient (Wildman–Crippen LogP) is 4.47. The Balaban J connectivity index is 1.43. The van der Waals surface area contributed by atoms with Crippen LogP contribution in [-0.2, 0) is 4.74 Å². The molecule has 2 heterocycles. The fourth-order valence-corrected chi connectivity index (χ4v) is 4.79. The fourth-order valence-electron chi connectivity index (χ4n) is 3.74. The van der Waals surface area contributed by atoms with Crippen molar-refractivity contribution < 1.29 is 17.9 Å². The lowest BCUT2D eigenvalue weighted by atomic mass is 9.92. The van der Waals surface area contributed by atoms with Crippen molar-refractivity contribution in [2.24, 2.45) is 16.8 Å². The number of rotatable bonds is 10. The molecule has 0 radical (unpaired) electrons. The van der Waals surface area contributed by atoms with Crippen LogP contribution in [0.2, 0.25) is 0 Å². The van der Waals surface area contributed by atoms with Crippen LogP contribution in [0.1, 0.15) is 44.9 Å². The molecule has 0 aromatic heterocycles. The van der Waals surface area contributed by atoms with E-state index in [-0.39, 0.29) is 5.75 Å². The van der Waals surface area contributed by atoms with Gasteiger partial charge in [0, 0.05) is 52.2 Å². The second-order valence-corrected chi connectivity index (χ2v) is 8.82. The molecule has 2 rings (SSSR count). The zero-order chi connectivity index (χ0) is 19.5. The largest absolute Gasteiger partial charge is 0.389 e. The van der Waals surface area contributed by atoms with Gasteiger partial charge in [-0.3, -0.25) is 9.30 Å². The summed E-state index contributed by atoms with van der Waals surface area (Å²) < 4.78 is 44.5. The maximum Gasteiger partial charge on any atom is 0.389 e. The molecule has 27 heavy (non-hydrogen) atoms. The van der Waals surface area contributed by atoms with Crippen LogP contribution in [0.5, 0.6) is 0 Å². The number of likely N-dealkylation sites (tertiary alicyclic amines) is 1. The van der Waals surface area contributed by atoms with Gasteiger partial charge >= 0.3 is 6.18 Å². The number of piperidine rings is 2. The van der Waals surface area contributed by atoms with Gasteiger partial charge < -0.3 is 9.64 Å². The molecule has 0 N–H and O–H groups in total. The molecule has 8 heteroatoms. The molecule has 0 amide bonds. The highest BCUT2D eigenvalue weighted by atomic mass is 32.2. The predicted molar refractivity (Wildman–Crippen MR) is 106 cm³/mol. The van der Waals surface area contributed by atoms with Crippen molar-refractivity contribution in [3.05, 3.63) is 0 Å². The minimum Gasteiger partial charge on any atom is -0.381 e. The standard InChI is InChI=1S/C19H34F3N3OS/c1-23-16-24-9-4-17(5-10-24)3-2-13-26-15-18-6-11-25(12-7-18)27-14-8-19(20,21)22/h16-18H,2-15H2,1H3. The summed E-state index contributed by atoms with van der Waals surface area (Å²) in [6.45, 7) is 5.60. The quantitative estimate of drug-likeness (QED) is 0.230. The van der Waals surface area contributed by atoms with Crippen molar-refractivity contribution in [1.82, 2.24) is 9.21 Å². The number of halogens is 3. The van der Waals surface area contributed by atoms with E-state index >= 15 is 0 Å². The lowest BCUT2D eigenvalue weighted by Crippen LogP contribution is -2.32. The molecule has 0 aliphatic carbocycles. The van der Waals surface area contributed by atoms with Crippen molar-refractivity contribution in [2.75, 3.05) is 52.2 Å². The van der Waals surface area contributed by atoms with E-state index in [9.17, 15) is 13.2 Å². The molecule has 0 unspecified atom stereocenters. The first-order chi connectivity index (χ1) is 13.0. The smallest absolute Gasteiger partial charge is 0.381 e. The summed E-state index contributed by atoms with van der Waals surface area (Å²) >= 11 is 1.34. The Morgan fingerprint density at radius 3 is 2.37 bits per heavy atom. The van der Waals surface area contributed by atoms with Crippen LogP contribution in [0.15, 0.2) is 4.99 Å². The van der Waals surface area contributed by atoms with Crippen molar-refractivity contribution in [2.45, 2.75) is 51.1 Å². The topological polar surface area (TPSA) is 28.1 Å². The molecule has 2 fully saturated rings. The fraction of sp³-hybridized carbons (Fsp3) is 0.947. The molecule has 0 atom stereocenters. The maximum atomic E-state index is 12.2. The molecule has 2 aliphatic rings. The molecule has 4 nitrogen and oxygen atoms in total. The van der Waals surface area contributed by atoms with Crippen molar-refractivity contribution in [3.63, 3.8) is 0 Å². The highest BCUT2D eigenvalue weighted by Crippen LogP contribution is 2.27. The molecule has 0 aromatic rings. The van der Waals surface area contributed by atoms with E-state index < -0.39 is 12.6 Å². The summed E-state index contributed by atoms with van der Waals surface area (Å²) in [7, 11) is 1.82. The highest BCUT2D eigenvalue weighted by molar-refractivity contribution is 7.97. The molecule has 0 spiro atoms. The monoisotopic (exact) mass is 409 g/mol. The van der Waals surface area contributed by atoms with E-state index in [0.717, 1.165) is 64.6 Å². The lowest BCUT2D eigenvalue weighted by molar-refractivity contribution is -0.129. The second kappa shape index (κ2) is 12.2. The summed E-state index contributed by atoms with van der Waals surface area (Å²) in [6.07, 6.45) is 4.11. The molecule has 0 bridgehead atoms. The third-order valence-electron chi connectivity index (χ3n) is 5.42. The van der Waals surface area contributed by atoms with E-state index in [4.69, 9.17) is 4.74 Å². The van der Waals surface area contributed by atoms with Crippen LogP contribution in [0.25, 0.3) is 0 Å². The first-order valence-electron chi connectivity index (χ1n) is 10.1. The Labute approximate surface area is 166 Å². The highest BCUT2D eigenvalue weighted by Gasteiger charge is 2.27. The average Bonchev–Trinajstić information content (AvgIpc) is 2.63. The zero-order valence-corrected chi connectivity index (χ0v) is 17.2. The van der Waals surface area contributed by atoms with Crippen LogP contribution in [-0.4, -0.2) is 73.9 Å². The molecule has 0 aromatic carbocycles. The molecule has 0 saturated carbocycles. The molecule has 2 aliphatic heterocycles. The number of hydrogen-bond acceptors (Lipinski definition) is 4. The van der Waals surface area contributed by atoms with Gasteiger partial charge in [-0.05, 0) is 50.4 Å². The van der Waals surface area contributed by atoms with Gasteiger partial charge in [-0.25, -0.2) is 0 Å². The number of nitrogens with zero attached hydrogens (tertiary/aromatic N) is 3. The Kier molecular flexibility index (Phi) is 10.3. The molecule has 2 saturated heterocycles. The third-order valence-corrected chi connectivity index (χ3v) is 6.53. The van der Waals surface area contributed by atoms with Crippen LogP contribution in [0.4, 0.5) is 13.2 Å². The van der Waals surface area contributed by atoms with Gasteiger partial charge in [0.2, 0.25) is 0 Å². The summed E-state index contributed by atoms with van der Waals surface area (Å²) in [4.78, 5) is 6.37. The molecular weight excluding hydrogens is 375 g/mol. The Hall–Kier alpha value is -0.470. The van der Waals surface area contributed by atoms with Gasteiger partial charge in [0.25, 0.3) is 0 Å². The van der Waals surface area contributed by atoms with Crippen molar-refractivity contribution in [3.8, 4) is 0 Å². The van der Waals surface area contributed by atoms with Crippen molar-refractivity contribution >= 4 is 18.3 Å². The van der Waals surface area contributed by atoms with Gasteiger partial charge in [-0.2, -0.15) is 13.2 Å². The summed E-state index contributed by atoms with van der Waals surface area (Å²) in [5.74, 6) is 1.50. The van der Waals surface area contributed by atoms with Crippen LogP contribution < -0.4 is 0 Å². The number of ether oxygens (including phenoxy) is 1. The van der Waals surface area contributed by atoms with Gasteiger partial charge in [-0.1, -0.05) is 11.9 Å². The number of aliphatic imine (C=N–C) groups is 1. The van der Waals surface area contributed by atoms with Crippen molar-refractivity contribution in [1.29, 1.82) is 0 Å². The SMILES string of the molecule is CN=CN1CCC(CCCOCC2CCN(SCCC(F)(F)F)CC2)CC1. The normalized spacial score (nSPS) is 21.4. The average molecular weight is 410 g/mol. The van der Waals surface area contributed by atoms with E-state index in [1.165, 1.54) is 31.2 Å². The Morgan fingerprint density at radius 1 is 1.07 bits per heavy atom. The van der Waals surface area contributed by atoms with E-state index in [0.29, 0.717) is 5.92 Å². The zero-order valence-electron chi connectivity index (χ0n) is 16.4. The first-order valence-corrected chi connectivity index (χ1v) is 11.1. The Morgan fingerprint density at radius 2 is 1.74 bits per heavy atom. The minimum absolute atomic E-state index is 0.134. The number of alkyl halides is 3. The van der Waals surface area contributed by atoms with E-state index in [2.05, 4.69) is 14.2 Å². The molecular formula is C19H34F3N3OS.